The molecule has 0 spiro atoms. The van der Waals surface area contributed by atoms with Crippen molar-refractivity contribution in [1.29, 1.82) is 0 Å². The molecule has 1 heterocycles. The third-order valence-corrected chi connectivity index (χ3v) is 5.54. The molecule has 0 radical (unpaired) electrons. The van der Waals surface area contributed by atoms with Gasteiger partial charge in [0.15, 0.2) is 5.11 Å². The van der Waals surface area contributed by atoms with E-state index >= 15 is 0 Å². The largest absolute Gasteiger partial charge is 0.497 e. The second-order valence-electron chi connectivity index (χ2n) is 6.59. The number of ether oxygens (including phenoxy) is 1. The molecule has 1 aliphatic rings. The molecule has 2 aromatic rings. The number of thiocarbonyl (C=S) groups is 1. The molecule has 1 saturated heterocycles. The molecule has 2 amide bonds. The van der Waals surface area contributed by atoms with E-state index in [1.807, 2.05) is 31.2 Å². The first-order chi connectivity index (χ1) is 13.9. The monoisotopic (exact) mass is 431 g/mol. The Morgan fingerprint density at radius 1 is 1.21 bits per heavy atom. The van der Waals surface area contributed by atoms with Gasteiger partial charge in [0.1, 0.15) is 11.8 Å². The number of carbonyl (C=O) groups excluding carboxylic acids is 2. The maximum atomic E-state index is 12.9. The normalized spacial score (nSPS) is 16.3. The predicted octanol–water partition coefficient (Wildman–Crippen LogP) is 3.70. The van der Waals surface area contributed by atoms with Crippen molar-refractivity contribution in [2.24, 2.45) is 0 Å². The number of amides is 2. The first kappa shape index (κ1) is 21.1. The lowest BCUT2D eigenvalue weighted by Gasteiger charge is -2.24. The average molecular weight is 432 g/mol. The van der Waals surface area contributed by atoms with Gasteiger partial charge in [0.2, 0.25) is 5.91 Å². The van der Waals surface area contributed by atoms with Crippen LogP contribution in [0.3, 0.4) is 0 Å². The average Bonchev–Trinajstić information content (AvgIpc) is 2.93. The van der Waals surface area contributed by atoms with Crippen LogP contribution < -0.4 is 10.1 Å². The van der Waals surface area contributed by atoms with Crippen LogP contribution in [0.1, 0.15) is 18.9 Å². The predicted molar refractivity (Wildman–Crippen MR) is 117 cm³/mol. The molecule has 1 aliphatic heterocycles. The van der Waals surface area contributed by atoms with Crippen molar-refractivity contribution in [1.82, 2.24) is 9.80 Å². The second-order valence-corrected chi connectivity index (χ2v) is 7.36. The lowest BCUT2D eigenvalue weighted by Crippen LogP contribution is -2.37. The number of halogens is 1. The highest BCUT2D eigenvalue weighted by molar-refractivity contribution is 7.80. The summed E-state index contributed by atoms with van der Waals surface area (Å²) in [5.41, 5.74) is 1.48. The van der Waals surface area contributed by atoms with Gasteiger partial charge < -0.3 is 15.0 Å². The number of hydrogen-bond acceptors (Lipinski definition) is 4. The molecule has 0 unspecified atom stereocenters. The summed E-state index contributed by atoms with van der Waals surface area (Å²) in [6.45, 7) is 2.75. The fourth-order valence-electron chi connectivity index (χ4n) is 3.23. The van der Waals surface area contributed by atoms with Crippen LogP contribution in [0.25, 0.3) is 0 Å². The molecule has 0 aliphatic carbocycles. The topological polar surface area (TPSA) is 61.9 Å². The Labute approximate surface area is 180 Å². The summed E-state index contributed by atoms with van der Waals surface area (Å²) >= 11 is 11.6. The molecule has 6 nitrogen and oxygen atoms in total. The maximum absolute atomic E-state index is 12.9. The lowest BCUT2D eigenvalue weighted by molar-refractivity contribution is -0.130. The number of anilines is 1. The standard InChI is InChI=1S/C21H22ClN3O3S/c1-3-24-20(27)18(12-19(26)23-17-7-5-4-6-16(17)22)25(21(24)29)13-14-8-10-15(28-2)11-9-14/h4-11,18H,3,12-13H2,1-2H3,(H,23,26)/t18-/m1/s1. The van der Waals surface area contributed by atoms with Crippen molar-refractivity contribution in [3.63, 3.8) is 0 Å². The zero-order valence-corrected chi connectivity index (χ0v) is 17.8. The summed E-state index contributed by atoms with van der Waals surface area (Å²) in [6.07, 6.45) is -0.0170. The number of nitrogens with one attached hydrogen (secondary N) is 1. The molecular weight excluding hydrogens is 410 g/mol. The first-order valence-electron chi connectivity index (χ1n) is 9.24. The minimum Gasteiger partial charge on any atom is -0.497 e. The van der Waals surface area contributed by atoms with Crippen molar-refractivity contribution in [3.8, 4) is 5.75 Å². The fourth-order valence-corrected chi connectivity index (χ4v) is 3.82. The van der Waals surface area contributed by atoms with Crippen LogP contribution >= 0.6 is 23.8 Å². The number of carbonyl (C=O) groups is 2. The van der Waals surface area contributed by atoms with Crippen molar-refractivity contribution in [3.05, 3.63) is 59.1 Å². The van der Waals surface area contributed by atoms with Gasteiger partial charge in [-0.3, -0.25) is 14.5 Å². The van der Waals surface area contributed by atoms with Gasteiger partial charge in [-0.1, -0.05) is 35.9 Å². The molecule has 1 atom stereocenters. The van der Waals surface area contributed by atoms with E-state index in [0.29, 0.717) is 28.9 Å². The zero-order chi connectivity index (χ0) is 21.0. The summed E-state index contributed by atoms with van der Waals surface area (Å²) in [7, 11) is 1.61. The van der Waals surface area contributed by atoms with Crippen LogP contribution in [0.4, 0.5) is 5.69 Å². The highest BCUT2D eigenvalue weighted by atomic mass is 35.5. The Hall–Kier alpha value is -2.64. The molecule has 0 saturated carbocycles. The third-order valence-electron chi connectivity index (χ3n) is 4.76. The van der Waals surface area contributed by atoms with Crippen LogP contribution in [0.5, 0.6) is 5.75 Å². The molecular formula is C21H22ClN3O3S. The number of nitrogens with zero attached hydrogens (tertiary/aromatic N) is 2. The Kier molecular flexibility index (Phi) is 6.71. The number of methoxy groups -OCH3 is 1. The molecule has 3 rings (SSSR count). The van der Waals surface area contributed by atoms with Crippen molar-refractivity contribution >= 4 is 46.4 Å². The SMILES string of the molecule is CCN1C(=O)[C@@H](CC(=O)Nc2ccccc2Cl)N(Cc2ccc(OC)cc2)C1=S. The van der Waals surface area contributed by atoms with E-state index in [1.165, 1.54) is 4.90 Å². The first-order valence-corrected chi connectivity index (χ1v) is 10.0. The Bertz CT molecular complexity index is 920. The van der Waals surface area contributed by atoms with Gasteiger partial charge in [-0.15, -0.1) is 0 Å². The van der Waals surface area contributed by atoms with Gasteiger partial charge in [0, 0.05) is 13.1 Å². The molecule has 1 N–H and O–H groups in total. The van der Waals surface area contributed by atoms with Crippen LogP contribution in [0.15, 0.2) is 48.5 Å². The van der Waals surface area contributed by atoms with Gasteiger partial charge in [0.05, 0.1) is 24.2 Å². The highest BCUT2D eigenvalue weighted by Crippen LogP contribution is 2.26. The number of likely N-dealkylation sites (N-methyl/N-ethyl adjacent to an activating group) is 1. The summed E-state index contributed by atoms with van der Waals surface area (Å²) in [5.74, 6) is 0.289. The van der Waals surface area contributed by atoms with E-state index in [1.54, 1.807) is 36.3 Å². The lowest BCUT2D eigenvalue weighted by atomic mass is 10.1. The molecule has 29 heavy (non-hydrogen) atoms. The Morgan fingerprint density at radius 2 is 1.90 bits per heavy atom. The summed E-state index contributed by atoms with van der Waals surface area (Å²) in [4.78, 5) is 28.8. The van der Waals surface area contributed by atoms with Gasteiger partial charge >= 0.3 is 0 Å². The van der Waals surface area contributed by atoms with E-state index < -0.39 is 6.04 Å². The summed E-state index contributed by atoms with van der Waals surface area (Å²) < 4.78 is 5.19. The summed E-state index contributed by atoms with van der Waals surface area (Å²) in [6, 6.07) is 13.9. The highest BCUT2D eigenvalue weighted by Gasteiger charge is 2.42. The van der Waals surface area contributed by atoms with Crippen LogP contribution in [0.2, 0.25) is 5.02 Å². The molecule has 2 aromatic carbocycles. The third kappa shape index (κ3) is 4.68. The van der Waals surface area contributed by atoms with Gasteiger partial charge in [0.25, 0.3) is 5.91 Å². The number of benzene rings is 2. The van der Waals surface area contributed by atoms with Gasteiger partial charge in [-0.2, -0.15) is 0 Å². The van der Waals surface area contributed by atoms with Crippen LogP contribution in [0, 0.1) is 0 Å². The number of para-hydroxylation sites is 1. The van der Waals surface area contributed by atoms with E-state index in [4.69, 9.17) is 28.6 Å². The second kappa shape index (κ2) is 9.24. The van der Waals surface area contributed by atoms with Crippen molar-refractivity contribution in [2.75, 3.05) is 19.0 Å². The fraction of sp³-hybridized carbons (Fsp3) is 0.286. The van der Waals surface area contributed by atoms with E-state index in [-0.39, 0.29) is 18.2 Å². The number of hydrogen-bond donors (Lipinski definition) is 1. The molecule has 0 bridgehead atoms. The smallest absolute Gasteiger partial charge is 0.252 e. The van der Waals surface area contributed by atoms with Crippen LogP contribution in [-0.2, 0) is 16.1 Å². The minimum absolute atomic E-state index is 0.0170. The van der Waals surface area contributed by atoms with E-state index in [9.17, 15) is 9.59 Å². The Balaban J connectivity index is 1.77. The summed E-state index contributed by atoms with van der Waals surface area (Å²) in [5, 5.41) is 3.65. The van der Waals surface area contributed by atoms with E-state index in [2.05, 4.69) is 5.32 Å². The van der Waals surface area contributed by atoms with Crippen molar-refractivity contribution < 1.29 is 14.3 Å². The van der Waals surface area contributed by atoms with Gasteiger partial charge in [-0.05, 0) is 49.0 Å². The van der Waals surface area contributed by atoms with Gasteiger partial charge in [-0.25, -0.2) is 0 Å². The zero-order valence-electron chi connectivity index (χ0n) is 16.2. The minimum atomic E-state index is -0.660. The van der Waals surface area contributed by atoms with Crippen molar-refractivity contribution in [2.45, 2.75) is 25.9 Å². The molecule has 1 fully saturated rings. The number of rotatable bonds is 7. The van der Waals surface area contributed by atoms with E-state index in [0.717, 1.165) is 11.3 Å². The van der Waals surface area contributed by atoms with Crippen LogP contribution in [-0.4, -0.2) is 46.4 Å². The molecule has 152 valence electrons. The molecule has 0 aromatic heterocycles. The molecule has 8 heteroatoms. The maximum Gasteiger partial charge on any atom is 0.252 e. The Morgan fingerprint density at radius 3 is 2.52 bits per heavy atom. The quantitative estimate of drug-likeness (QED) is 0.677.